The van der Waals surface area contributed by atoms with Crippen molar-refractivity contribution < 1.29 is 18.7 Å². The Morgan fingerprint density at radius 1 is 1.38 bits per heavy atom. The number of hydrogen-bond donors (Lipinski definition) is 1. The molecule has 1 aliphatic heterocycles. The zero-order valence-corrected chi connectivity index (χ0v) is 18.9. The average Bonchev–Trinajstić information content (AvgIpc) is 3.00. The van der Waals surface area contributed by atoms with E-state index in [-0.39, 0.29) is 34.8 Å². The normalized spacial score (nSPS) is 17.8. The molecular formula is C22H31FN2O3S. The molecular weight excluding hydrogens is 391 g/mol. The third-order valence-corrected chi connectivity index (χ3v) is 5.33. The van der Waals surface area contributed by atoms with E-state index < -0.39 is 0 Å². The fraction of sp³-hybridized carbons (Fsp3) is 0.500. The minimum Gasteiger partial charge on any atom is -0.469 e. The molecule has 0 aromatic heterocycles. The van der Waals surface area contributed by atoms with Gasteiger partial charge in [-0.1, -0.05) is 64.1 Å². The van der Waals surface area contributed by atoms with Crippen LogP contribution in [0.4, 0.5) is 4.39 Å². The van der Waals surface area contributed by atoms with Gasteiger partial charge in [-0.25, -0.2) is 4.39 Å². The number of nitrogens with one attached hydrogen (secondary N) is 1. The molecule has 1 aromatic carbocycles. The number of allylic oxidation sites excluding steroid dienone is 1. The van der Waals surface area contributed by atoms with Crippen LogP contribution in [0.1, 0.15) is 58.1 Å². The Hall–Kier alpha value is -2.15. The highest BCUT2D eigenvalue weighted by molar-refractivity contribution is 8.04. The average molecular weight is 423 g/mol. The Balaban J connectivity index is 0.000000291. The molecule has 0 bridgehead atoms. The lowest BCUT2D eigenvalue weighted by Gasteiger charge is -2.19. The standard InChI is InChI=1S/C12H16FN.C10H15NO3S/c1-12(2,3)10-6-5-9(8-14-4)11(13)7-10;1-3-4-5-8-11-10(13)7(15-8)6-9(12)14-2/h5-8H,1-4H3;5,7H,3-4,6H2,1-2H3,(H,11,13)/b;8-5-. The molecule has 160 valence electrons. The van der Waals surface area contributed by atoms with E-state index in [0.717, 1.165) is 23.4 Å². The van der Waals surface area contributed by atoms with Gasteiger partial charge in [0.1, 0.15) is 11.1 Å². The molecule has 1 aromatic rings. The molecule has 0 spiro atoms. The molecule has 0 radical (unpaired) electrons. The number of carbonyl (C=O) groups excluding carboxylic acids is 2. The first-order valence-corrected chi connectivity index (χ1v) is 10.5. The van der Waals surface area contributed by atoms with E-state index in [9.17, 15) is 14.0 Å². The second-order valence-corrected chi connectivity index (χ2v) is 8.85. The highest BCUT2D eigenvalue weighted by Gasteiger charge is 2.30. The molecule has 0 aliphatic carbocycles. The quantitative estimate of drug-likeness (QED) is 0.556. The molecule has 1 atom stereocenters. The van der Waals surface area contributed by atoms with Gasteiger partial charge in [0.15, 0.2) is 0 Å². The van der Waals surface area contributed by atoms with Crippen molar-refractivity contribution in [2.45, 2.75) is 57.6 Å². The summed E-state index contributed by atoms with van der Waals surface area (Å²) in [4.78, 5) is 26.2. The van der Waals surface area contributed by atoms with Gasteiger partial charge in [0, 0.05) is 18.8 Å². The second kappa shape index (κ2) is 11.8. The summed E-state index contributed by atoms with van der Waals surface area (Å²) in [5.41, 5.74) is 1.53. The molecule has 1 unspecified atom stereocenters. The number of halogens is 1. The maximum absolute atomic E-state index is 13.5. The topological polar surface area (TPSA) is 67.8 Å². The van der Waals surface area contributed by atoms with Crippen molar-refractivity contribution in [2.75, 3.05) is 14.2 Å². The Morgan fingerprint density at radius 3 is 2.59 bits per heavy atom. The molecule has 1 saturated heterocycles. The summed E-state index contributed by atoms with van der Waals surface area (Å²) in [6.45, 7) is 8.27. The summed E-state index contributed by atoms with van der Waals surface area (Å²) in [6.07, 6.45) is 5.63. The number of methoxy groups -OCH3 is 1. The van der Waals surface area contributed by atoms with Crippen LogP contribution in [0.25, 0.3) is 0 Å². The van der Waals surface area contributed by atoms with Crippen LogP contribution in [0.3, 0.4) is 0 Å². The molecule has 7 heteroatoms. The third kappa shape index (κ3) is 8.40. The van der Waals surface area contributed by atoms with Crippen molar-refractivity contribution in [3.05, 3.63) is 46.2 Å². The zero-order valence-electron chi connectivity index (χ0n) is 18.0. The van der Waals surface area contributed by atoms with Crippen molar-refractivity contribution in [1.29, 1.82) is 0 Å². The van der Waals surface area contributed by atoms with Crippen molar-refractivity contribution in [3.63, 3.8) is 0 Å². The predicted octanol–water partition coefficient (Wildman–Crippen LogP) is 4.59. The van der Waals surface area contributed by atoms with Gasteiger partial charge in [0.05, 0.1) is 18.6 Å². The number of benzene rings is 1. The first-order chi connectivity index (χ1) is 13.6. The lowest BCUT2D eigenvalue weighted by Crippen LogP contribution is -2.24. The zero-order chi connectivity index (χ0) is 22.0. The van der Waals surface area contributed by atoms with E-state index in [1.807, 2.05) is 12.1 Å². The van der Waals surface area contributed by atoms with Gasteiger partial charge >= 0.3 is 5.97 Å². The van der Waals surface area contributed by atoms with Crippen molar-refractivity contribution >= 4 is 29.9 Å². The number of carbonyl (C=O) groups is 2. The SMILES string of the molecule is CCC/C=C1/NC(=O)C(CC(=O)OC)S1.CN=Cc1ccc(C(C)(C)C)cc1F. The Labute approximate surface area is 177 Å². The summed E-state index contributed by atoms with van der Waals surface area (Å²) in [6, 6.07) is 5.29. The summed E-state index contributed by atoms with van der Waals surface area (Å²) < 4.78 is 18.0. The van der Waals surface area contributed by atoms with Crippen LogP contribution in [-0.4, -0.2) is 37.5 Å². The van der Waals surface area contributed by atoms with Gasteiger partial charge < -0.3 is 10.1 Å². The second-order valence-electron chi connectivity index (χ2n) is 7.61. The number of rotatable bonds is 5. The molecule has 0 saturated carbocycles. The van der Waals surface area contributed by atoms with Crippen LogP contribution in [0.15, 0.2) is 34.3 Å². The fourth-order valence-corrected chi connectivity index (χ4v) is 3.48. The number of thioether (sulfide) groups is 1. The highest BCUT2D eigenvalue weighted by atomic mass is 32.2. The first kappa shape index (κ1) is 24.9. The monoisotopic (exact) mass is 422 g/mol. The smallest absolute Gasteiger partial charge is 0.307 e. The fourth-order valence-electron chi connectivity index (χ4n) is 2.42. The largest absolute Gasteiger partial charge is 0.469 e. The number of unbranched alkanes of at least 4 members (excludes halogenated alkanes) is 1. The summed E-state index contributed by atoms with van der Waals surface area (Å²) in [7, 11) is 2.96. The molecule has 1 amide bonds. The molecule has 2 rings (SSSR count). The van der Waals surface area contributed by atoms with Crippen LogP contribution in [-0.2, 0) is 19.7 Å². The lowest BCUT2D eigenvalue weighted by molar-refractivity contribution is -0.141. The van der Waals surface area contributed by atoms with Crippen LogP contribution < -0.4 is 5.32 Å². The molecule has 1 N–H and O–H groups in total. The minimum absolute atomic E-state index is 0.0112. The minimum atomic E-state index is -0.348. The number of nitrogens with zero attached hydrogens (tertiary/aromatic N) is 1. The number of aliphatic imine (C=N–C) groups is 1. The number of ether oxygens (including phenoxy) is 1. The Morgan fingerprint density at radius 2 is 2.07 bits per heavy atom. The van der Waals surface area contributed by atoms with E-state index >= 15 is 0 Å². The first-order valence-electron chi connectivity index (χ1n) is 9.59. The van der Waals surface area contributed by atoms with Gasteiger partial charge in [0.25, 0.3) is 0 Å². The highest BCUT2D eigenvalue weighted by Crippen LogP contribution is 2.29. The van der Waals surface area contributed by atoms with Gasteiger partial charge in [-0.05, 0) is 23.5 Å². The summed E-state index contributed by atoms with van der Waals surface area (Å²) in [5, 5.41) is 3.27. The van der Waals surface area contributed by atoms with E-state index in [0.29, 0.717) is 5.56 Å². The van der Waals surface area contributed by atoms with Gasteiger partial charge in [-0.15, -0.1) is 0 Å². The molecule has 1 fully saturated rings. The van der Waals surface area contributed by atoms with Crippen LogP contribution >= 0.6 is 11.8 Å². The third-order valence-electron chi connectivity index (χ3n) is 4.14. The van der Waals surface area contributed by atoms with Crippen LogP contribution in [0.2, 0.25) is 0 Å². The molecule has 29 heavy (non-hydrogen) atoms. The van der Waals surface area contributed by atoms with E-state index in [1.165, 1.54) is 25.1 Å². The van der Waals surface area contributed by atoms with E-state index in [4.69, 9.17) is 0 Å². The Bertz CT molecular complexity index is 770. The lowest BCUT2D eigenvalue weighted by atomic mass is 9.86. The number of hydrogen-bond acceptors (Lipinski definition) is 5. The maximum atomic E-state index is 13.5. The van der Waals surface area contributed by atoms with Gasteiger partial charge in [-0.3, -0.25) is 14.6 Å². The van der Waals surface area contributed by atoms with E-state index in [1.54, 1.807) is 19.2 Å². The molecule has 5 nitrogen and oxygen atoms in total. The summed E-state index contributed by atoms with van der Waals surface area (Å²) in [5.74, 6) is -0.657. The van der Waals surface area contributed by atoms with Crippen molar-refractivity contribution in [3.8, 4) is 0 Å². The summed E-state index contributed by atoms with van der Waals surface area (Å²) >= 11 is 1.40. The Kier molecular flexibility index (Phi) is 10.1. The van der Waals surface area contributed by atoms with Crippen molar-refractivity contribution in [2.24, 2.45) is 4.99 Å². The number of amides is 1. The van der Waals surface area contributed by atoms with Gasteiger partial charge in [0.2, 0.25) is 5.91 Å². The van der Waals surface area contributed by atoms with E-state index in [2.05, 4.69) is 42.7 Å². The van der Waals surface area contributed by atoms with Crippen LogP contribution in [0.5, 0.6) is 0 Å². The van der Waals surface area contributed by atoms with Crippen LogP contribution in [0, 0.1) is 5.82 Å². The molecule has 1 aliphatic rings. The molecule has 1 heterocycles. The predicted molar refractivity (Wildman–Crippen MR) is 118 cm³/mol. The van der Waals surface area contributed by atoms with Crippen molar-refractivity contribution in [1.82, 2.24) is 5.32 Å². The number of esters is 1. The van der Waals surface area contributed by atoms with Gasteiger partial charge in [-0.2, -0.15) is 0 Å². The maximum Gasteiger partial charge on any atom is 0.307 e.